The predicted octanol–water partition coefficient (Wildman–Crippen LogP) is 4.96. The summed E-state index contributed by atoms with van der Waals surface area (Å²) >= 11 is 6.14. The second-order valence-electron chi connectivity index (χ2n) is 5.84. The summed E-state index contributed by atoms with van der Waals surface area (Å²) in [6.07, 6.45) is 8.70. The second-order valence-corrected chi connectivity index (χ2v) is 6.25. The molecule has 3 nitrogen and oxygen atoms in total. The van der Waals surface area contributed by atoms with Gasteiger partial charge in [0.2, 0.25) is 0 Å². The van der Waals surface area contributed by atoms with E-state index in [0.29, 0.717) is 6.04 Å². The molecule has 4 heteroatoms. The van der Waals surface area contributed by atoms with Gasteiger partial charge in [0.05, 0.1) is 18.3 Å². The number of benzene rings is 1. The highest BCUT2D eigenvalue weighted by molar-refractivity contribution is 6.31. The van der Waals surface area contributed by atoms with Crippen molar-refractivity contribution in [2.45, 2.75) is 51.6 Å². The van der Waals surface area contributed by atoms with Gasteiger partial charge in [-0.05, 0) is 43.5 Å². The molecule has 0 saturated heterocycles. The maximum absolute atomic E-state index is 6.14. The van der Waals surface area contributed by atoms with Gasteiger partial charge in [0.15, 0.2) is 0 Å². The van der Waals surface area contributed by atoms with E-state index in [1.807, 2.05) is 19.1 Å². The zero-order chi connectivity index (χ0) is 14.7. The first-order chi connectivity index (χ1) is 10.2. The fourth-order valence-corrected chi connectivity index (χ4v) is 3.18. The van der Waals surface area contributed by atoms with Gasteiger partial charge in [-0.1, -0.05) is 36.9 Å². The van der Waals surface area contributed by atoms with Crippen LogP contribution in [0.4, 0.5) is 5.69 Å². The quantitative estimate of drug-likeness (QED) is 0.865. The third-order valence-electron chi connectivity index (χ3n) is 4.34. The molecule has 0 amide bonds. The molecule has 1 fully saturated rings. The minimum atomic E-state index is 0.598. The van der Waals surface area contributed by atoms with E-state index >= 15 is 0 Å². The van der Waals surface area contributed by atoms with E-state index in [0.717, 1.165) is 28.5 Å². The summed E-state index contributed by atoms with van der Waals surface area (Å²) in [7, 11) is 0. The summed E-state index contributed by atoms with van der Waals surface area (Å²) in [5.41, 5.74) is 3.25. The second kappa shape index (κ2) is 6.52. The lowest BCUT2D eigenvalue weighted by atomic mass is 9.96. The van der Waals surface area contributed by atoms with E-state index in [9.17, 15) is 0 Å². The van der Waals surface area contributed by atoms with Crippen LogP contribution in [0.2, 0.25) is 5.02 Å². The number of nitrogens with one attached hydrogen (secondary N) is 1. The Morgan fingerprint density at radius 2 is 2.05 bits per heavy atom. The molecule has 1 aliphatic rings. The Kier molecular flexibility index (Phi) is 4.49. The molecule has 1 aromatic carbocycles. The highest BCUT2D eigenvalue weighted by Crippen LogP contribution is 2.27. The van der Waals surface area contributed by atoms with Gasteiger partial charge in [0, 0.05) is 16.9 Å². The van der Waals surface area contributed by atoms with Crippen LogP contribution in [0, 0.1) is 6.92 Å². The van der Waals surface area contributed by atoms with Gasteiger partial charge in [-0.15, -0.1) is 0 Å². The van der Waals surface area contributed by atoms with Crippen molar-refractivity contribution in [3.8, 4) is 0 Å². The first-order valence-electron chi connectivity index (χ1n) is 7.77. The largest absolute Gasteiger partial charge is 0.379 e. The highest BCUT2D eigenvalue weighted by atomic mass is 35.5. The van der Waals surface area contributed by atoms with Gasteiger partial charge >= 0.3 is 0 Å². The predicted molar refractivity (Wildman–Crippen MR) is 87.9 cm³/mol. The molecule has 1 aromatic heterocycles. The van der Waals surface area contributed by atoms with Crippen LogP contribution in [0.5, 0.6) is 0 Å². The minimum absolute atomic E-state index is 0.598. The lowest BCUT2D eigenvalue weighted by molar-refractivity contribution is 0.328. The molecule has 0 bridgehead atoms. The standard InChI is InChI=1S/C17H22ClN3/c1-13-16(18)8-5-9-17(13)19-12-14-10-11-21(20-14)15-6-3-2-4-7-15/h5,8-11,15,19H,2-4,6-7,12H2,1H3. The van der Waals surface area contributed by atoms with Crippen molar-refractivity contribution in [1.29, 1.82) is 0 Å². The molecular formula is C17H22ClN3. The van der Waals surface area contributed by atoms with E-state index in [-0.39, 0.29) is 0 Å². The number of aromatic nitrogens is 2. The number of hydrogen-bond donors (Lipinski definition) is 1. The molecule has 0 radical (unpaired) electrons. The molecule has 112 valence electrons. The maximum Gasteiger partial charge on any atom is 0.0815 e. The first-order valence-corrected chi connectivity index (χ1v) is 8.15. The van der Waals surface area contributed by atoms with Crippen LogP contribution in [-0.4, -0.2) is 9.78 Å². The smallest absolute Gasteiger partial charge is 0.0815 e. The fraction of sp³-hybridized carbons (Fsp3) is 0.471. The van der Waals surface area contributed by atoms with Crippen molar-refractivity contribution in [1.82, 2.24) is 9.78 Å². The molecular weight excluding hydrogens is 282 g/mol. The number of nitrogens with zero attached hydrogens (tertiary/aromatic N) is 2. The van der Waals surface area contributed by atoms with Gasteiger partial charge in [0.25, 0.3) is 0 Å². The van der Waals surface area contributed by atoms with Crippen LogP contribution in [0.25, 0.3) is 0 Å². The van der Waals surface area contributed by atoms with Crippen molar-refractivity contribution in [3.63, 3.8) is 0 Å². The van der Waals surface area contributed by atoms with Crippen molar-refractivity contribution < 1.29 is 0 Å². The molecule has 1 heterocycles. The fourth-order valence-electron chi connectivity index (χ4n) is 3.01. The summed E-state index contributed by atoms with van der Waals surface area (Å²) in [6.45, 7) is 2.77. The first kappa shape index (κ1) is 14.5. The van der Waals surface area contributed by atoms with E-state index < -0.39 is 0 Å². The molecule has 0 spiro atoms. The average molecular weight is 304 g/mol. The molecule has 1 N–H and O–H groups in total. The summed E-state index contributed by atoms with van der Waals surface area (Å²) in [5.74, 6) is 0. The van der Waals surface area contributed by atoms with Crippen LogP contribution < -0.4 is 5.32 Å². The Hall–Kier alpha value is -1.48. The van der Waals surface area contributed by atoms with Crippen molar-refractivity contribution >= 4 is 17.3 Å². The molecule has 0 aliphatic heterocycles. The number of rotatable bonds is 4. The van der Waals surface area contributed by atoms with E-state index in [4.69, 9.17) is 16.7 Å². The Morgan fingerprint density at radius 3 is 2.86 bits per heavy atom. The molecule has 2 aromatic rings. The van der Waals surface area contributed by atoms with E-state index in [1.165, 1.54) is 32.1 Å². The van der Waals surface area contributed by atoms with Gasteiger partial charge in [-0.25, -0.2) is 0 Å². The third kappa shape index (κ3) is 3.41. The summed E-state index contributed by atoms with van der Waals surface area (Å²) in [6, 6.07) is 8.65. The molecule has 1 aliphatic carbocycles. The topological polar surface area (TPSA) is 29.9 Å². The summed E-state index contributed by atoms with van der Waals surface area (Å²) in [4.78, 5) is 0. The SMILES string of the molecule is Cc1c(Cl)cccc1NCc1ccn(C2CCCCC2)n1. The van der Waals surface area contributed by atoms with Gasteiger partial charge in [-0.2, -0.15) is 5.10 Å². The van der Waals surface area contributed by atoms with Gasteiger partial charge in [-0.3, -0.25) is 4.68 Å². The highest BCUT2D eigenvalue weighted by Gasteiger charge is 2.15. The van der Waals surface area contributed by atoms with Crippen LogP contribution in [-0.2, 0) is 6.54 Å². The average Bonchev–Trinajstić information content (AvgIpc) is 2.99. The molecule has 3 rings (SSSR count). The zero-order valence-corrected chi connectivity index (χ0v) is 13.2. The lowest BCUT2D eigenvalue weighted by Crippen LogP contribution is -2.13. The van der Waals surface area contributed by atoms with Crippen molar-refractivity contribution in [2.24, 2.45) is 0 Å². The molecule has 0 unspecified atom stereocenters. The number of anilines is 1. The van der Waals surface area contributed by atoms with E-state index in [2.05, 4.69) is 28.3 Å². The Labute approximate surface area is 131 Å². The summed E-state index contributed by atoms with van der Waals surface area (Å²) < 4.78 is 2.15. The van der Waals surface area contributed by atoms with E-state index in [1.54, 1.807) is 0 Å². The van der Waals surface area contributed by atoms with Crippen molar-refractivity contribution in [3.05, 3.63) is 46.7 Å². The molecule has 0 atom stereocenters. The monoisotopic (exact) mass is 303 g/mol. The van der Waals surface area contributed by atoms with Crippen molar-refractivity contribution in [2.75, 3.05) is 5.32 Å². The summed E-state index contributed by atoms with van der Waals surface area (Å²) in [5, 5.41) is 8.95. The maximum atomic E-state index is 6.14. The normalized spacial score (nSPS) is 16.1. The van der Waals surface area contributed by atoms with Crippen LogP contribution >= 0.6 is 11.6 Å². The molecule has 21 heavy (non-hydrogen) atoms. The Balaban J connectivity index is 1.63. The minimum Gasteiger partial charge on any atom is -0.379 e. The zero-order valence-electron chi connectivity index (χ0n) is 12.5. The Bertz CT molecular complexity index is 600. The van der Waals surface area contributed by atoms with Crippen LogP contribution in [0.15, 0.2) is 30.5 Å². The van der Waals surface area contributed by atoms with Gasteiger partial charge < -0.3 is 5.32 Å². The van der Waals surface area contributed by atoms with Crippen LogP contribution in [0.3, 0.4) is 0 Å². The van der Waals surface area contributed by atoms with Crippen LogP contribution in [0.1, 0.15) is 49.4 Å². The molecule has 1 saturated carbocycles. The lowest BCUT2D eigenvalue weighted by Gasteiger charge is -2.21. The number of halogens is 1. The number of hydrogen-bond acceptors (Lipinski definition) is 2. The third-order valence-corrected chi connectivity index (χ3v) is 4.75. The van der Waals surface area contributed by atoms with Gasteiger partial charge in [0.1, 0.15) is 0 Å². The Morgan fingerprint density at radius 1 is 1.24 bits per heavy atom.